The van der Waals surface area contributed by atoms with Crippen molar-refractivity contribution in [3.8, 4) is 56.4 Å². The Labute approximate surface area is 352 Å². The minimum atomic E-state index is 0.649. The average molecular weight is 785 g/mol. The van der Waals surface area contributed by atoms with Gasteiger partial charge in [0.1, 0.15) is 0 Å². The fraction of sp³-hybridized carbons (Fsp3) is 0. The lowest BCUT2D eigenvalue weighted by atomic mass is 9.99. The molecule has 0 aliphatic heterocycles. The van der Waals surface area contributed by atoms with Gasteiger partial charge in [-0.15, -0.1) is 11.3 Å². The van der Waals surface area contributed by atoms with Crippen LogP contribution in [0, 0.1) is 0 Å². The van der Waals surface area contributed by atoms with Crippen molar-refractivity contribution < 1.29 is 0 Å². The molecular weight excluding hydrogens is 749 g/mol. The number of rotatable bonds is 8. The number of hydrogen-bond acceptors (Lipinski definition) is 5. The van der Waals surface area contributed by atoms with Crippen LogP contribution in [0.5, 0.6) is 0 Å². The first-order chi connectivity index (χ1) is 29.7. The third-order valence-corrected chi connectivity index (χ3v) is 12.3. The van der Waals surface area contributed by atoms with E-state index in [0.29, 0.717) is 17.5 Å². The van der Waals surface area contributed by atoms with Crippen LogP contribution in [0.15, 0.2) is 218 Å². The van der Waals surface area contributed by atoms with E-state index in [1.165, 1.54) is 43.1 Å². The minimum absolute atomic E-state index is 0.649. The Morgan fingerprint density at radius 1 is 0.333 bits per heavy atom. The molecule has 2 heterocycles. The van der Waals surface area contributed by atoms with Crippen molar-refractivity contribution in [1.29, 1.82) is 0 Å². The topological polar surface area (TPSA) is 41.9 Å². The summed E-state index contributed by atoms with van der Waals surface area (Å²) in [6, 6.07) is 77.0. The van der Waals surface area contributed by atoms with Crippen molar-refractivity contribution in [2.45, 2.75) is 0 Å². The molecule has 0 aliphatic carbocycles. The quantitative estimate of drug-likeness (QED) is 0.154. The second kappa shape index (κ2) is 15.2. The SMILES string of the molecule is c1ccc(-c2ccc(N(c3ccc(-c4ccccc4)cc3)c3ccc4c(c3)sc3c(-c5nc(-c6ccccc6)nc(-c6ccccc6)n5)cc5ccccc5c34)cc2)cc1. The molecule has 0 spiro atoms. The van der Waals surface area contributed by atoms with Gasteiger partial charge in [-0.2, -0.15) is 0 Å². The molecule has 0 radical (unpaired) electrons. The zero-order valence-corrected chi connectivity index (χ0v) is 33.3. The molecule has 11 aromatic rings. The fourth-order valence-corrected chi connectivity index (χ4v) is 9.42. The molecule has 60 heavy (non-hydrogen) atoms. The summed E-state index contributed by atoms with van der Waals surface area (Å²) in [6.07, 6.45) is 0. The Hall–Kier alpha value is -7.73. The molecule has 0 atom stereocenters. The monoisotopic (exact) mass is 784 g/mol. The molecule has 0 amide bonds. The molecule has 0 bridgehead atoms. The Morgan fingerprint density at radius 3 is 1.30 bits per heavy atom. The van der Waals surface area contributed by atoms with Crippen molar-refractivity contribution >= 4 is 59.3 Å². The molecule has 0 saturated heterocycles. The van der Waals surface area contributed by atoms with Crippen LogP contribution in [0.25, 0.3) is 87.4 Å². The lowest BCUT2D eigenvalue weighted by Crippen LogP contribution is -2.09. The fourth-order valence-electron chi connectivity index (χ4n) is 8.16. The smallest absolute Gasteiger partial charge is 0.165 e. The van der Waals surface area contributed by atoms with Crippen LogP contribution in [0.3, 0.4) is 0 Å². The van der Waals surface area contributed by atoms with Gasteiger partial charge in [-0.25, -0.2) is 15.0 Å². The number of anilines is 3. The number of hydrogen-bond donors (Lipinski definition) is 0. The van der Waals surface area contributed by atoms with Gasteiger partial charge in [0.15, 0.2) is 17.5 Å². The van der Waals surface area contributed by atoms with Crippen LogP contribution in [0.2, 0.25) is 0 Å². The van der Waals surface area contributed by atoms with E-state index >= 15 is 0 Å². The molecule has 0 N–H and O–H groups in total. The van der Waals surface area contributed by atoms with Crippen molar-refractivity contribution in [3.05, 3.63) is 218 Å². The molecule has 0 unspecified atom stereocenters. The van der Waals surface area contributed by atoms with Crippen LogP contribution in [-0.4, -0.2) is 15.0 Å². The van der Waals surface area contributed by atoms with E-state index in [9.17, 15) is 0 Å². The maximum Gasteiger partial charge on any atom is 0.165 e. The predicted octanol–water partition coefficient (Wildman–Crippen LogP) is 15.2. The normalized spacial score (nSPS) is 11.3. The molecule has 2 aromatic heterocycles. The number of aromatic nitrogens is 3. The maximum absolute atomic E-state index is 5.19. The third-order valence-electron chi connectivity index (χ3n) is 11.1. The zero-order valence-electron chi connectivity index (χ0n) is 32.5. The molecular formula is C55H36N4S. The zero-order chi connectivity index (χ0) is 39.8. The van der Waals surface area contributed by atoms with E-state index < -0.39 is 0 Å². The van der Waals surface area contributed by atoms with Crippen molar-refractivity contribution in [2.75, 3.05) is 4.90 Å². The van der Waals surface area contributed by atoms with E-state index in [0.717, 1.165) is 43.8 Å². The van der Waals surface area contributed by atoms with Crippen molar-refractivity contribution in [1.82, 2.24) is 15.0 Å². The van der Waals surface area contributed by atoms with Gasteiger partial charge in [0.2, 0.25) is 0 Å². The van der Waals surface area contributed by atoms with Crippen LogP contribution in [0.1, 0.15) is 0 Å². The Bertz CT molecular complexity index is 3140. The largest absolute Gasteiger partial charge is 0.310 e. The summed E-state index contributed by atoms with van der Waals surface area (Å²) in [5.74, 6) is 1.96. The minimum Gasteiger partial charge on any atom is -0.310 e. The van der Waals surface area contributed by atoms with Gasteiger partial charge in [0.25, 0.3) is 0 Å². The summed E-state index contributed by atoms with van der Waals surface area (Å²) in [6.45, 7) is 0. The molecule has 5 heteroatoms. The Balaban J connectivity index is 1.10. The average Bonchev–Trinajstić information content (AvgIpc) is 3.72. The summed E-state index contributed by atoms with van der Waals surface area (Å²) in [4.78, 5) is 17.7. The summed E-state index contributed by atoms with van der Waals surface area (Å²) >= 11 is 1.80. The third kappa shape index (κ3) is 6.57. The first kappa shape index (κ1) is 35.4. The molecule has 11 rings (SSSR count). The van der Waals surface area contributed by atoms with Gasteiger partial charge in [0, 0.05) is 53.9 Å². The predicted molar refractivity (Wildman–Crippen MR) is 252 cm³/mol. The summed E-state index contributed by atoms with van der Waals surface area (Å²) < 4.78 is 2.34. The number of benzene rings is 9. The number of nitrogens with zero attached hydrogens (tertiary/aromatic N) is 4. The van der Waals surface area contributed by atoms with Crippen LogP contribution in [0.4, 0.5) is 17.1 Å². The van der Waals surface area contributed by atoms with E-state index in [-0.39, 0.29) is 0 Å². The lowest BCUT2D eigenvalue weighted by molar-refractivity contribution is 1.08. The van der Waals surface area contributed by atoms with E-state index in [1.54, 1.807) is 11.3 Å². The highest BCUT2D eigenvalue weighted by Crippen LogP contribution is 2.46. The van der Waals surface area contributed by atoms with Crippen LogP contribution in [-0.2, 0) is 0 Å². The van der Waals surface area contributed by atoms with Gasteiger partial charge in [-0.05, 0) is 75.5 Å². The van der Waals surface area contributed by atoms with Gasteiger partial charge >= 0.3 is 0 Å². The Morgan fingerprint density at radius 2 is 0.767 bits per heavy atom. The molecule has 0 fully saturated rings. The van der Waals surface area contributed by atoms with E-state index in [4.69, 9.17) is 15.0 Å². The Kier molecular flexibility index (Phi) is 8.99. The van der Waals surface area contributed by atoms with Crippen LogP contribution < -0.4 is 4.90 Å². The maximum atomic E-state index is 5.19. The van der Waals surface area contributed by atoms with Crippen LogP contribution >= 0.6 is 11.3 Å². The van der Waals surface area contributed by atoms with E-state index in [1.807, 2.05) is 36.4 Å². The standard InChI is InChI=1S/C55H36N4S/c1-5-15-37(16-6-1)39-25-29-44(30-26-39)59(45-31-27-40(28-32-45)38-17-7-2-8-18-38)46-33-34-48-50(36-46)60-52-49(35-43-23-13-14-24-47(43)51(48)52)55-57-53(41-19-9-3-10-20-41)56-54(58-55)42-21-11-4-12-22-42/h1-36H. The van der Waals surface area contributed by atoms with Crippen molar-refractivity contribution in [2.24, 2.45) is 0 Å². The highest BCUT2D eigenvalue weighted by Gasteiger charge is 2.21. The summed E-state index contributed by atoms with van der Waals surface area (Å²) in [5.41, 5.74) is 10.9. The number of thiophene rings is 1. The van der Waals surface area contributed by atoms with Gasteiger partial charge < -0.3 is 4.90 Å². The highest BCUT2D eigenvalue weighted by atomic mass is 32.1. The van der Waals surface area contributed by atoms with Crippen molar-refractivity contribution in [3.63, 3.8) is 0 Å². The summed E-state index contributed by atoms with van der Waals surface area (Å²) in [5, 5.41) is 4.77. The lowest BCUT2D eigenvalue weighted by Gasteiger charge is -2.26. The molecule has 0 saturated carbocycles. The second-order valence-corrected chi connectivity index (χ2v) is 15.9. The summed E-state index contributed by atoms with van der Waals surface area (Å²) in [7, 11) is 0. The first-order valence-corrected chi connectivity index (χ1v) is 20.9. The molecule has 0 aliphatic rings. The van der Waals surface area contributed by atoms with Gasteiger partial charge in [-0.1, -0.05) is 176 Å². The molecule has 282 valence electrons. The second-order valence-electron chi connectivity index (χ2n) is 14.8. The van der Waals surface area contributed by atoms with Gasteiger partial charge in [0.05, 0.1) is 0 Å². The highest BCUT2D eigenvalue weighted by molar-refractivity contribution is 7.26. The molecule has 4 nitrogen and oxygen atoms in total. The first-order valence-electron chi connectivity index (χ1n) is 20.1. The van der Waals surface area contributed by atoms with E-state index in [2.05, 4.69) is 187 Å². The number of fused-ring (bicyclic) bond motifs is 5. The molecule has 9 aromatic carbocycles. The van der Waals surface area contributed by atoms with Gasteiger partial charge in [-0.3, -0.25) is 0 Å².